The van der Waals surface area contributed by atoms with E-state index < -0.39 is 9.84 Å². The van der Waals surface area contributed by atoms with Crippen LogP contribution in [-0.2, 0) is 32.6 Å². The Balaban J connectivity index is 1.78. The van der Waals surface area contributed by atoms with E-state index in [-0.39, 0.29) is 17.4 Å². The van der Waals surface area contributed by atoms with Crippen LogP contribution >= 0.6 is 0 Å². The Hall–Kier alpha value is -2.14. The van der Waals surface area contributed by atoms with Crippen LogP contribution in [-0.4, -0.2) is 20.9 Å². The SMILES string of the molecule is Cc1ccc(CS(=O)(=O)Cc2ccc3c(c2)CCC(=O)N3CC(C)C)cc1. The smallest absolute Gasteiger partial charge is 0.227 e. The van der Waals surface area contributed by atoms with Crippen molar-refractivity contribution in [3.63, 3.8) is 0 Å². The van der Waals surface area contributed by atoms with Gasteiger partial charge >= 0.3 is 0 Å². The van der Waals surface area contributed by atoms with Crippen molar-refractivity contribution in [2.24, 2.45) is 5.92 Å². The van der Waals surface area contributed by atoms with Crippen LogP contribution in [0.3, 0.4) is 0 Å². The summed E-state index contributed by atoms with van der Waals surface area (Å²) in [5.41, 5.74) is 4.72. The van der Waals surface area contributed by atoms with Crippen molar-refractivity contribution >= 4 is 21.4 Å². The molecule has 1 aliphatic heterocycles. The second-order valence-electron chi connectivity index (χ2n) is 7.88. The molecule has 144 valence electrons. The summed E-state index contributed by atoms with van der Waals surface area (Å²) >= 11 is 0. The molecule has 0 radical (unpaired) electrons. The van der Waals surface area contributed by atoms with E-state index in [0.29, 0.717) is 25.3 Å². The minimum absolute atomic E-state index is 0.0201. The summed E-state index contributed by atoms with van der Waals surface area (Å²) in [6.45, 7) is 6.86. The highest BCUT2D eigenvalue weighted by atomic mass is 32.2. The molecule has 0 atom stereocenters. The van der Waals surface area contributed by atoms with Crippen molar-refractivity contribution in [3.8, 4) is 0 Å². The first-order valence-corrected chi connectivity index (χ1v) is 11.2. The standard InChI is InChI=1S/C22H27NO3S/c1-16(2)13-23-21-10-8-19(12-20(21)9-11-22(23)24)15-27(25,26)14-18-6-4-17(3)5-7-18/h4-8,10,12,16H,9,11,13-15H2,1-3H3. The quantitative estimate of drug-likeness (QED) is 0.754. The van der Waals surface area contributed by atoms with Crippen LogP contribution in [0.2, 0.25) is 0 Å². The van der Waals surface area contributed by atoms with Crippen molar-refractivity contribution in [3.05, 3.63) is 64.7 Å². The summed E-state index contributed by atoms with van der Waals surface area (Å²) in [5.74, 6) is 0.597. The number of carbonyl (C=O) groups excluding carboxylic acids is 1. The van der Waals surface area contributed by atoms with Crippen molar-refractivity contribution in [1.82, 2.24) is 0 Å². The van der Waals surface area contributed by atoms with E-state index in [1.54, 1.807) is 0 Å². The summed E-state index contributed by atoms with van der Waals surface area (Å²) in [6.07, 6.45) is 1.16. The molecule has 3 rings (SSSR count). The highest BCUT2D eigenvalue weighted by molar-refractivity contribution is 7.89. The zero-order valence-electron chi connectivity index (χ0n) is 16.2. The van der Waals surface area contributed by atoms with Gasteiger partial charge in [-0.25, -0.2) is 8.42 Å². The highest BCUT2D eigenvalue weighted by Gasteiger charge is 2.25. The number of hydrogen-bond acceptors (Lipinski definition) is 3. The predicted octanol–water partition coefficient (Wildman–Crippen LogP) is 4.05. The highest BCUT2D eigenvalue weighted by Crippen LogP contribution is 2.30. The third-order valence-electron chi connectivity index (χ3n) is 4.79. The Morgan fingerprint density at radius 3 is 2.26 bits per heavy atom. The second-order valence-corrected chi connectivity index (χ2v) is 9.94. The third kappa shape index (κ3) is 4.98. The molecule has 0 aromatic heterocycles. The van der Waals surface area contributed by atoms with Gasteiger partial charge in [-0.1, -0.05) is 55.8 Å². The van der Waals surface area contributed by atoms with E-state index in [1.807, 2.05) is 54.3 Å². The van der Waals surface area contributed by atoms with Crippen molar-refractivity contribution < 1.29 is 13.2 Å². The van der Waals surface area contributed by atoms with Crippen LogP contribution < -0.4 is 4.90 Å². The lowest BCUT2D eigenvalue weighted by atomic mass is 9.98. The van der Waals surface area contributed by atoms with Gasteiger partial charge in [-0.05, 0) is 42.0 Å². The summed E-state index contributed by atoms with van der Waals surface area (Å²) in [6, 6.07) is 13.3. The monoisotopic (exact) mass is 385 g/mol. The zero-order valence-corrected chi connectivity index (χ0v) is 17.1. The molecule has 2 aromatic carbocycles. The van der Waals surface area contributed by atoms with Crippen LogP contribution in [0.1, 0.15) is 42.5 Å². The Morgan fingerprint density at radius 1 is 0.963 bits per heavy atom. The number of carbonyl (C=O) groups is 1. The molecule has 0 spiro atoms. The predicted molar refractivity (Wildman–Crippen MR) is 109 cm³/mol. The first-order valence-electron chi connectivity index (χ1n) is 9.41. The number of rotatable bonds is 6. The lowest BCUT2D eigenvalue weighted by molar-refractivity contribution is -0.119. The molecule has 4 nitrogen and oxygen atoms in total. The maximum Gasteiger partial charge on any atom is 0.227 e. The second kappa shape index (κ2) is 7.85. The molecule has 1 amide bonds. The number of benzene rings is 2. The fraction of sp³-hybridized carbons (Fsp3) is 0.409. The molecule has 5 heteroatoms. The summed E-state index contributed by atoms with van der Waals surface area (Å²) in [7, 11) is -3.25. The van der Waals surface area contributed by atoms with Gasteiger partial charge in [-0.15, -0.1) is 0 Å². The maximum absolute atomic E-state index is 12.6. The average molecular weight is 386 g/mol. The average Bonchev–Trinajstić information content (AvgIpc) is 2.58. The summed E-state index contributed by atoms with van der Waals surface area (Å²) in [5, 5.41) is 0. The van der Waals surface area contributed by atoms with Crippen LogP contribution in [0.4, 0.5) is 5.69 Å². The van der Waals surface area contributed by atoms with Crippen LogP contribution in [0.25, 0.3) is 0 Å². The number of amides is 1. The Bertz CT molecular complexity index is 931. The molecule has 2 aromatic rings. The molecule has 1 aliphatic rings. The van der Waals surface area contributed by atoms with E-state index in [0.717, 1.165) is 27.9 Å². The Morgan fingerprint density at radius 2 is 1.59 bits per heavy atom. The van der Waals surface area contributed by atoms with Gasteiger partial charge in [-0.3, -0.25) is 4.79 Å². The van der Waals surface area contributed by atoms with Gasteiger partial charge in [0.25, 0.3) is 0 Å². The van der Waals surface area contributed by atoms with Gasteiger partial charge in [0.2, 0.25) is 5.91 Å². The van der Waals surface area contributed by atoms with Gasteiger partial charge in [-0.2, -0.15) is 0 Å². The number of nitrogens with zero attached hydrogens (tertiary/aromatic N) is 1. The van der Waals surface area contributed by atoms with Crippen LogP contribution in [0.5, 0.6) is 0 Å². The number of sulfone groups is 1. The van der Waals surface area contributed by atoms with E-state index in [2.05, 4.69) is 13.8 Å². The van der Waals surface area contributed by atoms with Crippen LogP contribution in [0, 0.1) is 12.8 Å². The summed E-state index contributed by atoms with van der Waals surface area (Å²) < 4.78 is 25.2. The van der Waals surface area contributed by atoms with E-state index in [1.165, 1.54) is 0 Å². The topological polar surface area (TPSA) is 54.5 Å². The number of hydrogen-bond donors (Lipinski definition) is 0. The zero-order chi connectivity index (χ0) is 19.6. The lowest BCUT2D eigenvalue weighted by Gasteiger charge is -2.31. The first-order chi connectivity index (χ1) is 12.7. The number of aryl methyl sites for hydroxylation is 2. The molecule has 0 bridgehead atoms. The van der Waals surface area contributed by atoms with Crippen molar-refractivity contribution in [1.29, 1.82) is 0 Å². The minimum atomic E-state index is -3.25. The van der Waals surface area contributed by atoms with Gasteiger partial charge in [0.15, 0.2) is 9.84 Å². The third-order valence-corrected chi connectivity index (χ3v) is 6.33. The lowest BCUT2D eigenvalue weighted by Crippen LogP contribution is -2.37. The summed E-state index contributed by atoms with van der Waals surface area (Å²) in [4.78, 5) is 14.1. The van der Waals surface area contributed by atoms with Crippen LogP contribution in [0.15, 0.2) is 42.5 Å². The molecule has 1 heterocycles. The van der Waals surface area contributed by atoms with Gasteiger partial charge in [0.05, 0.1) is 11.5 Å². The fourth-order valence-electron chi connectivity index (χ4n) is 3.51. The van der Waals surface area contributed by atoms with Gasteiger partial charge in [0.1, 0.15) is 0 Å². The number of anilines is 1. The Kier molecular flexibility index (Phi) is 5.70. The van der Waals surface area contributed by atoms with Gasteiger partial charge in [0, 0.05) is 18.7 Å². The molecule has 0 fully saturated rings. The molecule has 0 aliphatic carbocycles. The molecule has 0 unspecified atom stereocenters. The first kappa shape index (κ1) is 19.6. The fourth-order valence-corrected chi connectivity index (χ4v) is 5.00. The molecular weight excluding hydrogens is 358 g/mol. The molecule has 0 saturated heterocycles. The van der Waals surface area contributed by atoms with Crippen molar-refractivity contribution in [2.45, 2.75) is 45.1 Å². The van der Waals surface area contributed by atoms with E-state index in [4.69, 9.17) is 0 Å². The Labute approximate surface area is 162 Å². The molecule has 0 N–H and O–H groups in total. The van der Waals surface area contributed by atoms with Crippen molar-refractivity contribution in [2.75, 3.05) is 11.4 Å². The van der Waals surface area contributed by atoms with E-state index >= 15 is 0 Å². The number of fused-ring (bicyclic) bond motifs is 1. The maximum atomic E-state index is 12.6. The van der Waals surface area contributed by atoms with E-state index in [9.17, 15) is 13.2 Å². The van der Waals surface area contributed by atoms with Gasteiger partial charge < -0.3 is 4.90 Å². The normalized spacial score (nSPS) is 14.5. The molecule has 0 saturated carbocycles. The molecule has 27 heavy (non-hydrogen) atoms. The largest absolute Gasteiger partial charge is 0.312 e. The minimum Gasteiger partial charge on any atom is -0.312 e. The molecular formula is C22H27NO3S.